The highest BCUT2D eigenvalue weighted by Gasteiger charge is 2.14. The van der Waals surface area contributed by atoms with Gasteiger partial charge in [-0.1, -0.05) is 18.2 Å². The summed E-state index contributed by atoms with van der Waals surface area (Å²) in [6.45, 7) is 6.70. The van der Waals surface area contributed by atoms with Crippen molar-refractivity contribution in [2.45, 2.75) is 6.92 Å². The third-order valence-electron chi connectivity index (χ3n) is 4.84. The number of ether oxygens (including phenoxy) is 1. The van der Waals surface area contributed by atoms with Crippen LogP contribution >= 0.6 is 0 Å². The lowest BCUT2D eigenvalue weighted by Crippen LogP contribution is -2.47. The first-order chi connectivity index (χ1) is 13.2. The van der Waals surface area contributed by atoms with Crippen molar-refractivity contribution in [2.24, 2.45) is 0 Å². The molecule has 0 spiro atoms. The molecule has 0 saturated carbocycles. The van der Waals surface area contributed by atoms with Crippen LogP contribution in [0.2, 0.25) is 0 Å². The molecule has 0 amide bonds. The van der Waals surface area contributed by atoms with Crippen molar-refractivity contribution < 1.29 is 4.74 Å². The van der Waals surface area contributed by atoms with E-state index in [1.54, 1.807) is 0 Å². The van der Waals surface area contributed by atoms with Gasteiger partial charge in [-0.2, -0.15) is 0 Å². The van der Waals surface area contributed by atoms with E-state index < -0.39 is 0 Å². The number of benzene rings is 2. The predicted molar refractivity (Wildman–Crippen MR) is 109 cm³/mol. The molecule has 1 saturated heterocycles. The number of hydrogen-bond acceptors (Lipinski definition) is 6. The maximum Gasteiger partial charge on any atom is 0.238 e. The topological polar surface area (TPSA) is 53.5 Å². The van der Waals surface area contributed by atoms with Gasteiger partial charge < -0.3 is 9.64 Å². The van der Waals surface area contributed by atoms with E-state index in [0.29, 0.717) is 12.6 Å². The van der Waals surface area contributed by atoms with Crippen molar-refractivity contribution in [1.29, 1.82) is 0 Å². The quantitative estimate of drug-likeness (QED) is 0.751. The minimum atomic E-state index is 0.654. The Labute approximate surface area is 159 Å². The van der Waals surface area contributed by atoms with E-state index in [1.165, 1.54) is 0 Å². The molecule has 0 atom stereocenters. The number of aromatic nitrogens is 2. The number of nitrogens with one attached hydrogen (secondary N) is 1. The summed E-state index contributed by atoms with van der Waals surface area (Å²) in [5.41, 5.74) is 6.57. The first kappa shape index (κ1) is 17.7. The van der Waals surface area contributed by atoms with Gasteiger partial charge in [0, 0.05) is 37.8 Å². The third-order valence-corrected chi connectivity index (χ3v) is 4.84. The van der Waals surface area contributed by atoms with Crippen molar-refractivity contribution in [1.82, 2.24) is 19.9 Å². The van der Waals surface area contributed by atoms with Crippen LogP contribution in [0.25, 0.3) is 22.0 Å². The number of hydrogen-bond donors (Lipinski definition) is 1. The normalized spacial score (nSPS) is 15.8. The zero-order valence-corrected chi connectivity index (χ0v) is 15.9. The minimum Gasteiger partial charge on any atom is -0.494 e. The van der Waals surface area contributed by atoms with Crippen LogP contribution in [0.4, 0.5) is 5.95 Å². The number of hydrazine groups is 1. The maximum atomic E-state index is 5.51. The van der Waals surface area contributed by atoms with E-state index in [0.717, 1.165) is 54.0 Å². The summed E-state index contributed by atoms with van der Waals surface area (Å²) in [5.74, 6) is 1.55. The Kier molecular flexibility index (Phi) is 5.18. The molecule has 3 aromatic rings. The van der Waals surface area contributed by atoms with Crippen LogP contribution in [0.1, 0.15) is 6.92 Å². The molecule has 6 nitrogen and oxygen atoms in total. The molecular weight excluding hydrogens is 338 g/mol. The van der Waals surface area contributed by atoms with Crippen LogP contribution in [0.5, 0.6) is 5.75 Å². The molecule has 2 heterocycles. The van der Waals surface area contributed by atoms with Crippen LogP contribution in [-0.2, 0) is 0 Å². The SMILES string of the molecule is CCOc1ccc(-c2ccc3nc(NN4CCN(C)CC4)ncc3c2)cc1. The molecule has 0 radical (unpaired) electrons. The van der Waals surface area contributed by atoms with Gasteiger partial charge in [-0.25, -0.2) is 15.0 Å². The summed E-state index contributed by atoms with van der Waals surface area (Å²) in [4.78, 5) is 11.5. The van der Waals surface area contributed by atoms with Gasteiger partial charge in [-0.3, -0.25) is 5.43 Å². The summed E-state index contributed by atoms with van der Waals surface area (Å²) >= 11 is 0. The number of nitrogens with zero attached hydrogens (tertiary/aromatic N) is 4. The van der Waals surface area contributed by atoms with Crippen LogP contribution in [-0.4, -0.2) is 59.7 Å². The molecule has 1 N–H and O–H groups in total. The second kappa shape index (κ2) is 7.90. The van der Waals surface area contributed by atoms with Gasteiger partial charge in [-0.15, -0.1) is 0 Å². The fourth-order valence-corrected chi connectivity index (χ4v) is 3.24. The van der Waals surface area contributed by atoms with Gasteiger partial charge in [0.05, 0.1) is 12.1 Å². The van der Waals surface area contributed by atoms with Gasteiger partial charge in [0.15, 0.2) is 0 Å². The van der Waals surface area contributed by atoms with Gasteiger partial charge in [0.25, 0.3) is 0 Å². The minimum absolute atomic E-state index is 0.654. The van der Waals surface area contributed by atoms with Gasteiger partial charge in [0.1, 0.15) is 5.75 Å². The maximum absolute atomic E-state index is 5.51. The standard InChI is InChI=1S/C21H25N5O/c1-3-27-19-7-4-16(5-8-19)17-6-9-20-18(14-17)15-22-21(23-20)24-26-12-10-25(2)11-13-26/h4-9,14-15H,3,10-13H2,1-2H3,(H,22,23,24). The molecule has 1 aliphatic rings. The highest BCUT2D eigenvalue weighted by atomic mass is 16.5. The number of fused-ring (bicyclic) bond motifs is 1. The van der Waals surface area contributed by atoms with E-state index >= 15 is 0 Å². The first-order valence-corrected chi connectivity index (χ1v) is 9.41. The van der Waals surface area contributed by atoms with Gasteiger partial charge in [0.2, 0.25) is 5.95 Å². The van der Waals surface area contributed by atoms with Crippen LogP contribution in [0.3, 0.4) is 0 Å². The van der Waals surface area contributed by atoms with Crippen molar-refractivity contribution >= 4 is 16.9 Å². The smallest absolute Gasteiger partial charge is 0.238 e. The second-order valence-corrected chi connectivity index (χ2v) is 6.83. The summed E-state index contributed by atoms with van der Waals surface area (Å²) in [5, 5.41) is 3.21. The summed E-state index contributed by atoms with van der Waals surface area (Å²) < 4.78 is 5.51. The molecule has 4 rings (SSSR count). The summed E-state index contributed by atoms with van der Waals surface area (Å²) in [6, 6.07) is 14.4. The van der Waals surface area contributed by atoms with Crippen molar-refractivity contribution in [3.05, 3.63) is 48.7 Å². The molecule has 6 heteroatoms. The molecule has 0 aliphatic carbocycles. The highest BCUT2D eigenvalue weighted by molar-refractivity contribution is 5.84. The Hall–Kier alpha value is -2.70. The predicted octanol–water partition coefficient (Wildman–Crippen LogP) is 3.27. The lowest BCUT2D eigenvalue weighted by atomic mass is 10.0. The fourth-order valence-electron chi connectivity index (χ4n) is 3.24. The molecule has 0 unspecified atom stereocenters. The molecule has 0 bridgehead atoms. The molecule has 1 fully saturated rings. The molecule has 1 aromatic heterocycles. The van der Waals surface area contributed by atoms with Crippen molar-refractivity contribution in [3.63, 3.8) is 0 Å². The Morgan fingerprint density at radius 3 is 2.48 bits per heavy atom. The average molecular weight is 363 g/mol. The lowest BCUT2D eigenvalue weighted by molar-refractivity contribution is 0.178. The van der Waals surface area contributed by atoms with E-state index in [4.69, 9.17) is 4.74 Å². The van der Waals surface area contributed by atoms with E-state index in [-0.39, 0.29) is 0 Å². The Bertz CT molecular complexity index is 904. The second-order valence-electron chi connectivity index (χ2n) is 6.83. The Morgan fingerprint density at radius 2 is 1.74 bits per heavy atom. The fraction of sp³-hybridized carbons (Fsp3) is 0.333. The van der Waals surface area contributed by atoms with E-state index in [2.05, 4.69) is 62.7 Å². The Morgan fingerprint density at radius 1 is 1.00 bits per heavy atom. The third kappa shape index (κ3) is 4.18. The van der Waals surface area contributed by atoms with Crippen LogP contribution < -0.4 is 10.2 Å². The summed E-state index contributed by atoms with van der Waals surface area (Å²) in [6.07, 6.45) is 1.89. The highest BCUT2D eigenvalue weighted by Crippen LogP contribution is 2.26. The molecular formula is C21H25N5O. The zero-order chi connectivity index (χ0) is 18.6. The first-order valence-electron chi connectivity index (χ1n) is 9.41. The van der Waals surface area contributed by atoms with Gasteiger partial charge in [-0.05, 0) is 49.4 Å². The zero-order valence-electron chi connectivity index (χ0n) is 15.9. The van der Waals surface area contributed by atoms with Crippen LogP contribution in [0.15, 0.2) is 48.7 Å². The monoisotopic (exact) mass is 363 g/mol. The van der Waals surface area contributed by atoms with E-state index in [9.17, 15) is 0 Å². The molecule has 140 valence electrons. The number of likely N-dealkylation sites (N-methyl/N-ethyl adjacent to an activating group) is 1. The number of rotatable bonds is 5. The van der Waals surface area contributed by atoms with Crippen molar-refractivity contribution in [2.75, 3.05) is 45.3 Å². The lowest BCUT2D eigenvalue weighted by Gasteiger charge is -2.32. The number of piperazine rings is 1. The van der Waals surface area contributed by atoms with E-state index in [1.807, 2.05) is 25.3 Å². The average Bonchev–Trinajstić information content (AvgIpc) is 2.70. The largest absolute Gasteiger partial charge is 0.494 e. The Balaban J connectivity index is 1.51. The summed E-state index contributed by atoms with van der Waals surface area (Å²) in [7, 11) is 2.14. The molecule has 1 aliphatic heterocycles. The number of anilines is 1. The van der Waals surface area contributed by atoms with Crippen molar-refractivity contribution in [3.8, 4) is 16.9 Å². The van der Waals surface area contributed by atoms with Gasteiger partial charge >= 0.3 is 0 Å². The molecule has 27 heavy (non-hydrogen) atoms. The molecule has 2 aromatic carbocycles. The van der Waals surface area contributed by atoms with Crippen LogP contribution in [0, 0.1) is 0 Å².